The number of amides is 2. The van der Waals surface area contributed by atoms with Crippen LogP contribution in [0.1, 0.15) is 34.8 Å². The van der Waals surface area contributed by atoms with E-state index in [2.05, 4.69) is 10.1 Å². The number of nitrogens with zero attached hydrogens (tertiary/aromatic N) is 1. The van der Waals surface area contributed by atoms with Gasteiger partial charge < -0.3 is 15.0 Å². The van der Waals surface area contributed by atoms with Crippen LogP contribution in [0, 0.1) is 5.92 Å². The Kier molecular flexibility index (Phi) is 3.83. The minimum Gasteiger partial charge on any atom is -0.468 e. The molecule has 1 aromatic rings. The molecule has 116 valence electrons. The lowest BCUT2D eigenvalue weighted by Crippen LogP contribution is -2.41. The molecule has 1 aliphatic heterocycles. The van der Waals surface area contributed by atoms with E-state index in [9.17, 15) is 14.4 Å². The van der Waals surface area contributed by atoms with Crippen molar-refractivity contribution in [2.24, 2.45) is 5.92 Å². The van der Waals surface area contributed by atoms with Crippen LogP contribution >= 0.6 is 0 Å². The van der Waals surface area contributed by atoms with E-state index >= 15 is 0 Å². The van der Waals surface area contributed by atoms with Crippen molar-refractivity contribution in [2.75, 3.05) is 20.2 Å². The van der Waals surface area contributed by atoms with Crippen molar-refractivity contribution in [3.63, 3.8) is 0 Å². The standard InChI is InChI=1S/C16H18N2O4/c1-22-13(19)8-17-15(20)14-11-4-2-3-5-12(11)16(21)18(14)9-10-6-7-10/h2-5,10,14H,6-9H2,1H3,(H,17,20). The summed E-state index contributed by atoms with van der Waals surface area (Å²) in [5, 5.41) is 2.55. The van der Waals surface area contributed by atoms with Crippen molar-refractivity contribution >= 4 is 17.8 Å². The van der Waals surface area contributed by atoms with Crippen molar-refractivity contribution in [3.05, 3.63) is 35.4 Å². The average Bonchev–Trinajstić information content (AvgIpc) is 3.31. The van der Waals surface area contributed by atoms with E-state index < -0.39 is 12.0 Å². The van der Waals surface area contributed by atoms with Crippen molar-refractivity contribution in [2.45, 2.75) is 18.9 Å². The van der Waals surface area contributed by atoms with Crippen molar-refractivity contribution in [3.8, 4) is 0 Å². The van der Waals surface area contributed by atoms with Crippen LogP contribution in [0.2, 0.25) is 0 Å². The molecule has 1 aromatic carbocycles. The SMILES string of the molecule is COC(=O)CNC(=O)C1c2ccccc2C(=O)N1CC1CC1. The van der Waals surface area contributed by atoms with Gasteiger partial charge in [-0.25, -0.2) is 0 Å². The number of fused-ring (bicyclic) bond motifs is 1. The van der Waals surface area contributed by atoms with Crippen LogP contribution in [0.4, 0.5) is 0 Å². The molecule has 0 spiro atoms. The van der Waals surface area contributed by atoms with E-state index in [0.29, 0.717) is 23.6 Å². The molecule has 3 rings (SSSR count). The molecule has 22 heavy (non-hydrogen) atoms. The number of ether oxygens (including phenoxy) is 1. The van der Waals surface area contributed by atoms with Gasteiger partial charge in [-0.1, -0.05) is 18.2 Å². The zero-order valence-corrected chi connectivity index (χ0v) is 12.4. The number of rotatable bonds is 5. The number of esters is 1. The predicted molar refractivity (Wildman–Crippen MR) is 78.0 cm³/mol. The van der Waals surface area contributed by atoms with Gasteiger partial charge in [0.2, 0.25) is 5.91 Å². The Labute approximate surface area is 128 Å². The molecule has 1 saturated carbocycles. The fourth-order valence-corrected chi connectivity index (χ4v) is 2.75. The largest absolute Gasteiger partial charge is 0.468 e. The summed E-state index contributed by atoms with van der Waals surface area (Å²) >= 11 is 0. The molecule has 1 aliphatic carbocycles. The van der Waals surface area contributed by atoms with Crippen molar-refractivity contribution in [1.82, 2.24) is 10.2 Å². The number of nitrogens with one attached hydrogen (secondary N) is 1. The number of carbonyl (C=O) groups is 3. The van der Waals surface area contributed by atoms with E-state index in [4.69, 9.17) is 0 Å². The lowest BCUT2D eigenvalue weighted by Gasteiger charge is -2.24. The van der Waals surface area contributed by atoms with Gasteiger partial charge in [-0.3, -0.25) is 14.4 Å². The number of benzene rings is 1. The Hall–Kier alpha value is -2.37. The molecule has 6 heteroatoms. The second-order valence-corrected chi connectivity index (χ2v) is 5.68. The van der Waals surface area contributed by atoms with Crippen LogP contribution in [0.5, 0.6) is 0 Å². The second-order valence-electron chi connectivity index (χ2n) is 5.68. The molecule has 0 aromatic heterocycles. The van der Waals surface area contributed by atoms with Gasteiger partial charge in [0.1, 0.15) is 12.6 Å². The van der Waals surface area contributed by atoms with E-state index in [-0.39, 0.29) is 18.4 Å². The highest BCUT2D eigenvalue weighted by Crippen LogP contribution is 2.38. The Balaban J connectivity index is 1.82. The summed E-state index contributed by atoms with van der Waals surface area (Å²) in [5.41, 5.74) is 1.27. The number of methoxy groups -OCH3 is 1. The van der Waals surface area contributed by atoms with E-state index in [0.717, 1.165) is 12.8 Å². The van der Waals surface area contributed by atoms with Crippen LogP contribution in [0.3, 0.4) is 0 Å². The van der Waals surface area contributed by atoms with Gasteiger partial charge in [0.25, 0.3) is 5.91 Å². The maximum absolute atomic E-state index is 12.5. The highest BCUT2D eigenvalue weighted by atomic mass is 16.5. The minimum atomic E-state index is -0.658. The normalized spacial score (nSPS) is 19.8. The number of hydrogen-bond acceptors (Lipinski definition) is 4. The molecule has 6 nitrogen and oxygen atoms in total. The highest BCUT2D eigenvalue weighted by molar-refractivity contribution is 6.05. The number of carbonyl (C=O) groups excluding carboxylic acids is 3. The zero-order valence-electron chi connectivity index (χ0n) is 12.4. The second kappa shape index (κ2) is 5.79. The average molecular weight is 302 g/mol. The Bertz CT molecular complexity index is 624. The summed E-state index contributed by atoms with van der Waals surface area (Å²) in [6.45, 7) is 0.392. The first-order valence-electron chi connectivity index (χ1n) is 7.36. The molecule has 1 atom stereocenters. The lowest BCUT2D eigenvalue weighted by atomic mass is 10.0. The third-order valence-electron chi connectivity index (χ3n) is 4.09. The highest BCUT2D eigenvalue weighted by Gasteiger charge is 2.42. The zero-order chi connectivity index (χ0) is 15.7. The van der Waals surface area contributed by atoms with E-state index in [1.165, 1.54) is 7.11 Å². The first-order valence-corrected chi connectivity index (χ1v) is 7.36. The molecule has 1 N–H and O–H groups in total. The van der Waals surface area contributed by atoms with Crippen LogP contribution in [0.15, 0.2) is 24.3 Å². The topological polar surface area (TPSA) is 75.7 Å². The summed E-state index contributed by atoms with van der Waals surface area (Å²) < 4.78 is 4.52. The van der Waals surface area contributed by atoms with Crippen molar-refractivity contribution in [1.29, 1.82) is 0 Å². The van der Waals surface area contributed by atoms with Crippen LogP contribution in [-0.2, 0) is 14.3 Å². The maximum atomic E-state index is 12.5. The van der Waals surface area contributed by atoms with E-state index in [1.54, 1.807) is 23.1 Å². The quantitative estimate of drug-likeness (QED) is 0.819. The van der Waals surface area contributed by atoms with Crippen LogP contribution in [0.25, 0.3) is 0 Å². The molecule has 1 fully saturated rings. The van der Waals surface area contributed by atoms with Crippen LogP contribution < -0.4 is 5.32 Å². The fraction of sp³-hybridized carbons (Fsp3) is 0.438. The fourth-order valence-electron chi connectivity index (χ4n) is 2.75. The molecule has 0 bridgehead atoms. The van der Waals surface area contributed by atoms with E-state index in [1.807, 2.05) is 6.07 Å². The molecule has 0 saturated heterocycles. The first-order chi connectivity index (χ1) is 10.6. The molecule has 1 unspecified atom stereocenters. The molecule has 2 amide bonds. The van der Waals surface area contributed by atoms with Gasteiger partial charge in [0.15, 0.2) is 0 Å². The number of hydrogen-bond donors (Lipinski definition) is 1. The van der Waals surface area contributed by atoms with Gasteiger partial charge >= 0.3 is 5.97 Å². The van der Waals surface area contributed by atoms with Crippen LogP contribution in [-0.4, -0.2) is 42.9 Å². The Morgan fingerprint density at radius 1 is 1.32 bits per heavy atom. The third kappa shape index (κ3) is 2.68. The molecule has 0 radical (unpaired) electrons. The summed E-state index contributed by atoms with van der Waals surface area (Å²) in [6, 6.07) is 6.48. The van der Waals surface area contributed by atoms with Gasteiger partial charge in [-0.2, -0.15) is 0 Å². The molecule has 2 aliphatic rings. The molecular weight excluding hydrogens is 284 g/mol. The third-order valence-corrected chi connectivity index (χ3v) is 4.09. The molecular formula is C16H18N2O4. The Morgan fingerprint density at radius 2 is 2.05 bits per heavy atom. The van der Waals surface area contributed by atoms with Gasteiger partial charge in [0.05, 0.1) is 7.11 Å². The Morgan fingerprint density at radius 3 is 2.73 bits per heavy atom. The summed E-state index contributed by atoms with van der Waals surface area (Å²) in [7, 11) is 1.27. The summed E-state index contributed by atoms with van der Waals surface area (Å²) in [5.74, 6) is -0.487. The predicted octanol–water partition coefficient (Wildman–Crippen LogP) is 0.883. The van der Waals surface area contributed by atoms with Gasteiger partial charge in [-0.05, 0) is 30.4 Å². The first kappa shape index (κ1) is 14.6. The van der Waals surface area contributed by atoms with Gasteiger partial charge in [0, 0.05) is 12.1 Å². The smallest absolute Gasteiger partial charge is 0.325 e. The maximum Gasteiger partial charge on any atom is 0.325 e. The summed E-state index contributed by atoms with van der Waals surface area (Å²) in [4.78, 5) is 37.8. The van der Waals surface area contributed by atoms with Gasteiger partial charge in [-0.15, -0.1) is 0 Å². The minimum absolute atomic E-state index is 0.110. The lowest BCUT2D eigenvalue weighted by molar-refractivity contribution is -0.141. The monoisotopic (exact) mass is 302 g/mol. The molecule has 1 heterocycles. The summed E-state index contributed by atoms with van der Waals surface area (Å²) in [6.07, 6.45) is 2.19. The van der Waals surface area contributed by atoms with Crippen molar-refractivity contribution < 1.29 is 19.1 Å².